The second-order valence-corrected chi connectivity index (χ2v) is 8.31. The summed E-state index contributed by atoms with van der Waals surface area (Å²) in [6, 6.07) is 11.8. The minimum Gasteiger partial charge on any atom is -0.507 e. The Hall–Kier alpha value is -3.78. The van der Waals surface area contributed by atoms with E-state index in [1.165, 1.54) is 24.3 Å². The van der Waals surface area contributed by atoms with Gasteiger partial charge in [0.25, 0.3) is 0 Å². The Morgan fingerprint density at radius 2 is 1.76 bits per heavy atom. The number of hydrogen-bond donors (Lipinski definition) is 2. The van der Waals surface area contributed by atoms with E-state index in [0.717, 1.165) is 31.0 Å². The van der Waals surface area contributed by atoms with Gasteiger partial charge in [0.15, 0.2) is 11.6 Å². The van der Waals surface area contributed by atoms with E-state index in [-0.39, 0.29) is 28.4 Å². The van der Waals surface area contributed by atoms with Crippen molar-refractivity contribution >= 4 is 16.9 Å². The second-order valence-electron chi connectivity index (χ2n) is 8.31. The number of phenolic OH excluding ortho intramolecular Hbond substituents is 1. The zero-order valence-corrected chi connectivity index (χ0v) is 17.9. The third-order valence-electron chi connectivity index (χ3n) is 6.18. The lowest BCUT2D eigenvalue weighted by Crippen LogP contribution is -2.19. The highest BCUT2D eigenvalue weighted by atomic mass is 19.2. The third kappa shape index (κ3) is 3.70. The Bertz CT molecular complexity index is 1410. The van der Waals surface area contributed by atoms with Crippen molar-refractivity contribution in [3.63, 3.8) is 0 Å². The molecule has 5 rings (SSSR count). The predicted molar refractivity (Wildman–Crippen MR) is 120 cm³/mol. The van der Waals surface area contributed by atoms with Gasteiger partial charge in [0, 0.05) is 41.6 Å². The van der Waals surface area contributed by atoms with Gasteiger partial charge < -0.3 is 19.5 Å². The number of benzene rings is 3. The maximum absolute atomic E-state index is 14.5. The molecule has 1 unspecified atom stereocenters. The van der Waals surface area contributed by atoms with Crippen LogP contribution in [0.3, 0.4) is 0 Å². The molecule has 1 atom stereocenters. The standard InChI is InChI=1S/C26H20F3NO4/c27-17-10-21-24(22(31)11-17)23(14-3-5-15(6-4-14)26(32)33)25(16-2-1-9-34-13-16)30(21)18-7-8-19(28)20(29)12-18/h3-8,10-12,16,31H,1-2,9,13H2,(H,32,33). The highest BCUT2D eigenvalue weighted by Gasteiger charge is 2.30. The van der Waals surface area contributed by atoms with Crippen LogP contribution in [0.25, 0.3) is 27.7 Å². The summed E-state index contributed by atoms with van der Waals surface area (Å²) < 4.78 is 49.8. The fraction of sp³-hybridized carbons (Fsp3) is 0.192. The predicted octanol–water partition coefficient (Wildman–Crippen LogP) is 6.01. The van der Waals surface area contributed by atoms with Crippen molar-refractivity contribution in [1.29, 1.82) is 0 Å². The molecule has 1 aliphatic rings. The number of carboxylic acid groups (broad SMARTS) is 1. The Labute approximate surface area is 192 Å². The number of aromatic nitrogens is 1. The number of phenols is 1. The van der Waals surface area contributed by atoms with E-state index < -0.39 is 23.4 Å². The average molecular weight is 467 g/mol. The molecule has 34 heavy (non-hydrogen) atoms. The molecule has 1 aliphatic heterocycles. The minimum absolute atomic E-state index is 0.0888. The van der Waals surface area contributed by atoms with E-state index in [1.54, 1.807) is 16.7 Å². The van der Waals surface area contributed by atoms with E-state index >= 15 is 0 Å². The van der Waals surface area contributed by atoms with Crippen molar-refractivity contribution in [3.8, 4) is 22.6 Å². The fourth-order valence-electron chi connectivity index (χ4n) is 4.70. The van der Waals surface area contributed by atoms with Gasteiger partial charge in [-0.05, 0) is 48.7 Å². The van der Waals surface area contributed by atoms with Crippen molar-refractivity contribution < 1.29 is 32.9 Å². The van der Waals surface area contributed by atoms with Crippen LogP contribution in [0.4, 0.5) is 13.2 Å². The molecule has 1 saturated heterocycles. The van der Waals surface area contributed by atoms with Crippen molar-refractivity contribution in [2.75, 3.05) is 13.2 Å². The molecule has 1 fully saturated rings. The lowest BCUT2D eigenvalue weighted by atomic mass is 9.91. The van der Waals surface area contributed by atoms with Crippen LogP contribution in [-0.2, 0) is 4.74 Å². The molecule has 0 amide bonds. The quantitative estimate of drug-likeness (QED) is 0.386. The van der Waals surface area contributed by atoms with Crippen LogP contribution in [0, 0.1) is 17.5 Å². The Morgan fingerprint density at radius 1 is 1.00 bits per heavy atom. The van der Waals surface area contributed by atoms with Crippen molar-refractivity contribution in [3.05, 3.63) is 83.3 Å². The Morgan fingerprint density at radius 3 is 2.41 bits per heavy atom. The van der Waals surface area contributed by atoms with Gasteiger partial charge in [-0.15, -0.1) is 0 Å². The van der Waals surface area contributed by atoms with Crippen molar-refractivity contribution in [1.82, 2.24) is 4.57 Å². The van der Waals surface area contributed by atoms with Crippen molar-refractivity contribution in [2.24, 2.45) is 0 Å². The van der Waals surface area contributed by atoms with Crippen LogP contribution in [-0.4, -0.2) is 34.0 Å². The van der Waals surface area contributed by atoms with Gasteiger partial charge in [-0.3, -0.25) is 0 Å². The van der Waals surface area contributed by atoms with Gasteiger partial charge in [0.2, 0.25) is 0 Å². The zero-order valence-electron chi connectivity index (χ0n) is 17.9. The number of rotatable bonds is 4. The molecule has 8 heteroatoms. The number of carboxylic acids is 1. The maximum atomic E-state index is 14.5. The van der Waals surface area contributed by atoms with Gasteiger partial charge in [-0.25, -0.2) is 18.0 Å². The molecule has 0 spiro atoms. The van der Waals surface area contributed by atoms with Crippen LogP contribution >= 0.6 is 0 Å². The smallest absolute Gasteiger partial charge is 0.335 e. The van der Waals surface area contributed by atoms with Crippen molar-refractivity contribution in [2.45, 2.75) is 18.8 Å². The van der Waals surface area contributed by atoms with Crippen LogP contribution < -0.4 is 0 Å². The van der Waals surface area contributed by atoms with Gasteiger partial charge in [0.05, 0.1) is 23.1 Å². The summed E-state index contributed by atoms with van der Waals surface area (Å²) in [5.41, 5.74) is 2.43. The van der Waals surface area contributed by atoms with Gasteiger partial charge in [-0.1, -0.05) is 12.1 Å². The first kappa shape index (κ1) is 22.0. The highest BCUT2D eigenvalue weighted by Crippen LogP contribution is 2.46. The number of ether oxygens (including phenoxy) is 1. The first-order valence-corrected chi connectivity index (χ1v) is 10.8. The molecule has 0 radical (unpaired) electrons. The van der Waals surface area contributed by atoms with E-state index in [9.17, 15) is 28.2 Å². The molecule has 0 aliphatic carbocycles. The number of nitrogens with zero attached hydrogens (tertiary/aromatic N) is 1. The third-order valence-corrected chi connectivity index (χ3v) is 6.18. The lowest BCUT2D eigenvalue weighted by molar-refractivity contribution is 0.0697. The number of carbonyl (C=O) groups is 1. The monoisotopic (exact) mass is 467 g/mol. The summed E-state index contributed by atoms with van der Waals surface area (Å²) in [7, 11) is 0. The molecule has 174 valence electrons. The average Bonchev–Trinajstić information content (AvgIpc) is 3.16. The molecule has 0 bridgehead atoms. The van der Waals surface area contributed by atoms with Crippen LogP contribution in [0.2, 0.25) is 0 Å². The maximum Gasteiger partial charge on any atom is 0.335 e. The second kappa shape index (κ2) is 8.53. The van der Waals surface area contributed by atoms with Gasteiger partial charge in [-0.2, -0.15) is 0 Å². The van der Waals surface area contributed by atoms with Crippen LogP contribution in [0.5, 0.6) is 5.75 Å². The highest BCUT2D eigenvalue weighted by molar-refractivity contribution is 6.03. The number of fused-ring (bicyclic) bond motifs is 1. The lowest BCUT2D eigenvalue weighted by Gasteiger charge is -2.26. The largest absolute Gasteiger partial charge is 0.507 e. The van der Waals surface area contributed by atoms with E-state index in [1.807, 2.05) is 0 Å². The van der Waals surface area contributed by atoms with E-state index in [0.29, 0.717) is 35.4 Å². The summed E-state index contributed by atoms with van der Waals surface area (Å²) in [6.45, 7) is 0.938. The Balaban J connectivity index is 1.89. The summed E-state index contributed by atoms with van der Waals surface area (Å²) >= 11 is 0. The Kier molecular flexibility index (Phi) is 5.53. The first-order valence-electron chi connectivity index (χ1n) is 10.8. The van der Waals surface area contributed by atoms with Gasteiger partial charge in [0.1, 0.15) is 11.6 Å². The van der Waals surface area contributed by atoms with E-state index in [4.69, 9.17) is 4.74 Å². The summed E-state index contributed by atoms with van der Waals surface area (Å²) in [4.78, 5) is 11.3. The molecule has 4 aromatic rings. The molecule has 1 aromatic heterocycles. The minimum atomic E-state index is -1.08. The molecule has 2 heterocycles. The summed E-state index contributed by atoms with van der Waals surface area (Å²) in [5, 5.41) is 20.4. The van der Waals surface area contributed by atoms with E-state index in [2.05, 4.69) is 0 Å². The first-order chi connectivity index (χ1) is 16.3. The topological polar surface area (TPSA) is 71.7 Å². The molecule has 2 N–H and O–H groups in total. The molecular weight excluding hydrogens is 447 g/mol. The van der Waals surface area contributed by atoms with Crippen LogP contribution in [0.1, 0.15) is 34.8 Å². The number of hydrogen-bond acceptors (Lipinski definition) is 3. The molecular formula is C26H20F3NO4. The van der Waals surface area contributed by atoms with Gasteiger partial charge >= 0.3 is 5.97 Å². The summed E-state index contributed by atoms with van der Waals surface area (Å²) in [5.74, 6) is -4.34. The zero-order chi connectivity index (χ0) is 24.0. The summed E-state index contributed by atoms with van der Waals surface area (Å²) in [6.07, 6.45) is 1.49. The van der Waals surface area contributed by atoms with Crippen LogP contribution in [0.15, 0.2) is 54.6 Å². The molecule has 0 saturated carbocycles. The normalized spacial score (nSPS) is 16.1. The molecule has 3 aromatic carbocycles. The number of halogens is 3. The fourth-order valence-corrected chi connectivity index (χ4v) is 4.70. The SMILES string of the molecule is O=C(O)c1ccc(-c2c(C3CCCOC3)n(-c3ccc(F)c(F)c3)c3cc(F)cc(O)c23)cc1. The number of aromatic hydroxyl groups is 1. The number of aromatic carboxylic acids is 1. The molecule has 5 nitrogen and oxygen atoms in total.